The van der Waals surface area contributed by atoms with Gasteiger partial charge in [-0.25, -0.2) is 14.4 Å². The van der Waals surface area contributed by atoms with Crippen LogP contribution in [0.4, 0.5) is 10.2 Å². The number of fused-ring (bicyclic) bond motifs is 1. The minimum absolute atomic E-state index is 0.0237. The molecule has 1 aliphatic heterocycles. The second-order valence-electron chi connectivity index (χ2n) is 13.9. The minimum Gasteiger partial charge on any atom is -0.481 e. The van der Waals surface area contributed by atoms with Crippen molar-refractivity contribution in [3.63, 3.8) is 0 Å². The van der Waals surface area contributed by atoms with Gasteiger partial charge in [-0.1, -0.05) is 25.5 Å². The van der Waals surface area contributed by atoms with Gasteiger partial charge in [0.15, 0.2) is 0 Å². The number of aryl methyl sites for hydroxylation is 2. The zero-order chi connectivity index (χ0) is 32.8. The lowest BCUT2D eigenvalue weighted by Gasteiger charge is -2.33. The summed E-state index contributed by atoms with van der Waals surface area (Å²) in [5.41, 5.74) is 4.41. The third-order valence-electron chi connectivity index (χ3n) is 10.9. The van der Waals surface area contributed by atoms with Gasteiger partial charge >= 0.3 is 5.97 Å². The number of hydrogen-bond donors (Lipinski definition) is 3. The normalized spacial score (nSPS) is 23.2. The number of nitrogens with zero attached hydrogens (tertiary/aromatic N) is 5. The number of piperidine rings is 1. The summed E-state index contributed by atoms with van der Waals surface area (Å²) in [5.74, 6) is 1.28. The molecule has 3 aromatic rings. The molecule has 1 aromatic carbocycles. The fourth-order valence-electron chi connectivity index (χ4n) is 8.07. The summed E-state index contributed by atoms with van der Waals surface area (Å²) < 4.78 is 16.2. The summed E-state index contributed by atoms with van der Waals surface area (Å²) in [4.78, 5) is 24.4. The number of rotatable bonds is 13. The average molecular weight is 646 g/mol. The van der Waals surface area contributed by atoms with Crippen molar-refractivity contribution in [3.8, 4) is 0 Å². The number of carboxylic acids is 1. The molecule has 9 nitrogen and oxygen atoms in total. The van der Waals surface area contributed by atoms with Crippen LogP contribution in [0.3, 0.4) is 0 Å². The summed E-state index contributed by atoms with van der Waals surface area (Å²) in [6, 6.07) is 7.36. The Labute approximate surface area is 278 Å². The van der Waals surface area contributed by atoms with Gasteiger partial charge in [-0.15, -0.1) is 0 Å². The number of halogens is 1. The number of anilines is 1. The van der Waals surface area contributed by atoms with Gasteiger partial charge in [0, 0.05) is 42.1 Å². The second kappa shape index (κ2) is 15.7. The van der Waals surface area contributed by atoms with Gasteiger partial charge in [-0.05, 0) is 114 Å². The lowest BCUT2D eigenvalue weighted by Crippen LogP contribution is -2.38. The Kier molecular flexibility index (Phi) is 11.2. The average Bonchev–Trinajstić information content (AvgIpc) is 3.58. The number of aromatic nitrogens is 4. The van der Waals surface area contributed by atoms with Crippen LogP contribution in [0, 0.1) is 17.7 Å². The molecule has 2 aromatic heterocycles. The molecule has 0 amide bonds. The van der Waals surface area contributed by atoms with Crippen LogP contribution >= 0.6 is 0 Å². The summed E-state index contributed by atoms with van der Waals surface area (Å²) >= 11 is 0. The molecule has 0 bridgehead atoms. The Morgan fingerprint density at radius 3 is 2.60 bits per heavy atom. The molecule has 3 heterocycles. The third kappa shape index (κ3) is 8.38. The molecule has 3 aliphatic rings. The van der Waals surface area contributed by atoms with Crippen molar-refractivity contribution in [1.82, 2.24) is 30.0 Å². The Morgan fingerprint density at radius 1 is 1.09 bits per heavy atom. The largest absolute Gasteiger partial charge is 0.481 e. The molecule has 47 heavy (non-hydrogen) atoms. The van der Waals surface area contributed by atoms with Crippen molar-refractivity contribution in [3.05, 3.63) is 70.7 Å². The maximum absolute atomic E-state index is 14.2. The smallest absolute Gasteiger partial charge is 0.306 e. The van der Waals surface area contributed by atoms with Crippen LogP contribution < -0.4 is 10.6 Å². The summed E-state index contributed by atoms with van der Waals surface area (Å²) in [7, 11) is 0. The van der Waals surface area contributed by atoms with Crippen LogP contribution in [-0.4, -0.2) is 61.4 Å². The van der Waals surface area contributed by atoms with Gasteiger partial charge in [0.1, 0.15) is 17.5 Å². The Morgan fingerprint density at radius 2 is 1.89 bits per heavy atom. The highest BCUT2D eigenvalue weighted by molar-refractivity contribution is 5.70. The Hall–Kier alpha value is -3.37. The Balaban J connectivity index is 1.27. The van der Waals surface area contributed by atoms with Gasteiger partial charge in [-0.3, -0.25) is 9.48 Å². The van der Waals surface area contributed by atoms with E-state index in [-0.39, 0.29) is 23.7 Å². The number of benzene rings is 1. The fraction of sp³-hybridized carbons (Fsp3) is 0.622. The standard InChI is InChI=1S/C37H52FN7O2/c1-3-32(25-11-13-26(14-12-25)37(46)47)39-22-35-41-33-16-15-28(27-9-8-10-30(38)19-27)20-31(33)36(43-35)42-34(24-44-17-6-5-7-18-44)29-21-40-45(4-2)23-29/h8-10,19,21,23,25-26,28,32,34,39H,3-7,11-18,20,22,24H2,1-2H3,(H,46,47)(H,41,42,43)/t25?,26?,28-,32+,34-/m0/s1. The molecule has 254 valence electrons. The summed E-state index contributed by atoms with van der Waals surface area (Å²) in [5, 5.41) is 21.8. The number of likely N-dealkylation sites (tertiary alicyclic amines) is 1. The van der Waals surface area contributed by atoms with Gasteiger partial charge in [0.25, 0.3) is 0 Å². The Bertz CT molecular complexity index is 1480. The van der Waals surface area contributed by atoms with Crippen molar-refractivity contribution >= 4 is 11.8 Å². The summed E-state index contributed by atoms with van der Waals surface area (Å²) in [6.45, 7) is 8.79. The highest BCUT2D eigenvalue weighted by Gasteiger charge is 2.31. The van der Waals surface area contributed by atoms with E-state index in [1.165, 1.54) is 25.3 Å². The first-order valence-electron chi connectivity index (χ1n) is 18.0. The molecule has 10 heteroatoms. The van der Waals surface area contributed by atoms with E-state index >= 15 is 0 Å². The van der Waals surface area contributed by atoms with Gasteiger partial charge in [-0.2, -0.15) is 5.10 Å². The maximum atomic E-state index is 14.2. The topological polar surface area (TPSA) is 108 Å². The predicted molar refractivity (Wildman–Crippen MR) is 182 cm³/mol. The SMILES string of the molecule is CC[C@@H](NCc1nc2c(c(N[C@@H](CN3CCCCC3)c3cnn(CC)c3)n1)C[C@@H](c1cccc(F)c1)CC2)C1CCC(C(=O)O)CC1. The number of carbonyl (C=O) groups is 1. The zero-order valence-electron chi connectivity index (χ0n) is 28.1. The first kappa shape index (κ1) is 33.5. The second-order valence-corrected chi connectivity index (χ2v) is 13.9. The van der Waals surface area contributed by atoms with E-state index in [0.717, 1.165) is 112 Å². The molecule has 6 rings (SSSR count). The molecule has 0 unspecified atom stereocenters. The molecule has 0 spiro atoms. The van der Waals surface area contributed by atoms with Crippen LogP contribution in [0.25, 0.3) is 0 Å². The van der Waals surface area contributed by atoms with Crippen LogP contribution in [0.2, 0.25) is 0 Å². The van der Waals surface area contributed by atoms with E-state index in [1.54, 1.807) is 6.07 Å². The molecule has 2 fully saturated rings. The van der Waals surface area contributed by atoms with Gasteiger partial charge in [0.05, 0.1) is 24.7 Å². The minimum atomic E-state index is -0.660. The zero-order valence-corrected chi connectivity index (χ0v) is 28.1. The lowest BCUT2D eigenvalue weighted by molar-refractivity contribution is -0.143. The molecule has 3 N–H and O–H groups in total. The van der Waals surface area contributed by atoms with E-state index in [1.807, 2.05) is 23.0 Å². The van der Waals surface area contributed by atoms with Crippen molar-refractivity contribution < 1.29 is 14.3 Å². The van der Waals surface area contributed by atoms with E-state index in [0.29, 0.717) is 18.5 Å². The van der Waals surface area contributed by atoms with E-state index in [2.05, 4.69) is 40.7 Å². The van der Waals surface area contributed by atoms with E-state index < -0.39 is 5.97 Å². The molecule has 1 saturated carbocycles. The molecule has 3 atom stereocenters. The van der Waals surface area contributed by atoms with Crippen molar-refractivity contribution in [2.75, 3.05) is 25.0 Å². The third-order valence-corrected chi connectivity index (χ3v) is 10.9. The molecular weight excluding hydrogens is 593 g/mol. The maximum Gasteiger partial charge on any atom is 0.306 e. The number of nitrogens with one attached hydrogen (secondary N) is 2. The van der Waals surface area contributed by atoms with Crippen molar-refractivity contribution in [1.29, 1.82) is 0 Å². The quantitative estimate of drug-likeness (QED) is 0.193. The van der Waals surface area contributed by atoms with Gasteiger partial charge < -0.3 is 20.6 Å². The van der Waals surface area contributed by atoms with Gasteiger partial charge in [0.2, 0.25) is 0 Å². The van der Waals surface area contributed by atoms with Crippen molar-refractivity contribution in [2.24, 2.45) is 11.8 Å². The van der Waals surface area contributed by atoms with Crippen LogP contribution in [0.15, 0.2) is 36.7 Å². The van der Waals surface area contributed by atoms with E-state index in [9.17, 15) is 14.3 Å². The number of carboxylic acid groups (broad SMARTS) is 1. The van der Waals surface area contributed by atoms with Crippen molar-refractivity contribution in [2.45, 2.75) is 116 Å². The molecule has 2 aliphatic carbocycles. The predicted octanol–water partition coefficient (Wildman–Crippen LogP) is 6.50. The fourth-order valence-corrected chi connectivity index (χ4v) is 8.07. The van der Waals surface area contributed by atoms with Crippen LogP contribution in [0.5, 0.6) is 0 Å². The van der Waals surface area contributed by atoms with Crippen LogP contribution in [-0.2, 0) is 30.7 Å². The first-order chi connectivity index (χ1) is 22.9. The molecule has 1 saturated heterocycles. The monoisotopic (exact) mass is 645 g/mol. The van der Waals surface area contributed by atoms with E-state index in [4.69, 9.17) is 9.97 Å². The number of hydrogen-bond acceptors (Lipinski definition) is 7. The first-order valence-corrected chi connectivity index (χ1v) is 18.0. The van der Waals surface area contributed by atoms with Crippen LogP contribution in [0.1, 0.15) is 112 Å². The highest BCUT2D eigenvalue weighted by Crippen LogP contribution is 2.37. The summed E-state index contributed by atoms with van der Waals surface area (Å²) in [6.07, 6.45) is 14.7. The lowest BCUT2D eigenvalue weighted by atomic mass is 9.78. The molecular formula is C37H52FN7O2. The molecule has 0 radical (unpaired) electrons. The number of aliphatic carboxylic acids is 1. The highest BCUT2D eigenvalue weighted by atomic mass is 19.1.